The topological polar surface area (TPSA) is 29.9 Å². The Morgan fingerprint density at radius 3 is 2.79 bits per heavy atom. The fraction of sp³-hybridized carbons (Fsp3) is 0.357. The van der Waals surface area contributed by atoms with Crippen LogP contribution in [0.4, 0.5) is 4.39 Å². The molecule has 1 aromatic carbocycles. The normalized spacial score (nSPS) is 12.6. The lowest BCUT2D eigenvalue weighted by atomic mass is 10.0. The van der Waals surface area contributed by atoms with E-state index in [1.165, 1.54) is 6.07 Å². The van der Waals surface area contributed by atoms with E-state index in [2.05, 4.69) is 26.3 Å². The average molecular weight is 326 g/mol. The zero-order valence-corrected chi connectivity index (χ0v) is 12.6. The highest BCUT2D eigenvalue weighted by atomic mass is 79.9. The van der Waals surface area contributed by atoms with Crippen LogP contribution in [0.3, 0.4) is 0 Å². The van der Waals surface area contributed by atoms with Gasteiger partial charge in [0.05, 0.1) is 11.7 Å². The molecule has 3 nitrogen and oxygen atoms in total. The minimum absolute atomic E-state index is 0.0295. The molecule has 0 bridgehead atoms. The second kappa shape index (κ2) is 6.30. The molecule has 0 radical (unpaired) electrons. The monoisotopic (exact) mass is 325 g/mol. The zero-order chi connectivity index (χ0) is 13.8. The molecule has 1 atom stereocenters. The Kier molecular flexibility index (Phi) is 4.71. The fourth-order valence-electron chi connectivity index (χ4n) is 2.05. The quantitative estimate of drug-likeness (QED) is 0.914. The van der Waals surface area contributed by atoms with Crippen molar-refractivity contribution < 1.29 is 4.39 Å². The van der Waals surface area contributed by atoms with E-state index in [0.717, 1.165) is 16.7 Å². The summed E-state index contributed by atoms with van der Waals surface area (Å²) >= 11 is 3.27. The summed E-state index contributed by atoms with van der Waals surface area (Å²) in [6.07, 6.45) is 2.49. The molecule has 5 heteroatoms. The molecule has 0 saturated heterocycles. The number of likely N-dealkylation sites (N-methyl/N-ethyl adjacent to an activating group) is 1. The molecule has 0 aliphatic rings. The number of nitrogens with one attached hydrogen (secondary N) is 1. The van der Waals surface area contributed by atoms with Crippen LogP contribution in [-0.2, 0) is 13.5 Å². The van der Waals surface area contributed by atoms with Crippen molar-refractivity contribution in [3.63, 3.8) is 0 Å². The van der Waals surface area contributed by atoms with Crippen LogP contribution in [0.25, 0.3) is 0 Å². The van der Waals surface area contributed by atoms with E-state index in [-0.39, 0.29) is 11.9 Å². The van der Waals surface area contributed by atoms with Gasteiger partial charge in [-0.25, -0.2) is 4.39 Å². The van der Waals surface area contributed by atoms with Crippen molar-refractivity contribution in [2.24, 2.45) is 7.05 Å². The van der Waals surface area contributed by atoms with Crippen LogP contribution in [0.2, 0.25) is 0 Å². The lowest BCUT2D eigenvalue weighted by molar-refractivity contribution is 0.511. The number of aromatic nitrogens is 2. The van der Waals surface area contributed by atoms with E-state index in [9.17, 15) is 4.39 Å². The van der Waals surface area contributed by atoms with Crippen molar-refractivity contribution in [1.82, 2.24) is 15.1 Å². The number of halogens is 2. The molecule has 1 aromatic heterocycles. The third-order valence-corrected chi connectivity index (χ3v) is 3.47. The molecular weight excluding hydrogens is 309 g/mol. The van der Waals surface area contributed by atoms with E-state index in [0.29, 0.717) is 12.0 Å². The van der Waals surface area contributed by atoms with Gasteiger partial charge in [0.25, 0.3) is 0 Å². The van der Waals surface area contributed by atoms with E-state index < -0.39 is 0 Å². The van der Waals surface area contributed by atoms with Gasteiger partial charge in [0.1, 0.15) is 5.82 Å². The van der Waals surface area contributed by atoms with Gasteiger partial charge in [-0.15, -0.1) is 0 Å². The number of hydrogen-bond donors (Lipinski definition) is 1. The van der Waals surface area contributed by atoms with E-state index in [1.807, 2.05) is 38.4 Å². The average Bonchev–Trinajstić information content (AvgIpc) is 2.78. The van der Waals surface area contributed by atoms with Crippen molar-refractivity contribution in [3.8, 4) is 0 Å². The maximum Gasteiger partial charge on any atom is 0.127 e. The van der Waals surface area contributed by atoms with Gasteiger partial charge in [-0.2, -0.15) is 5.10 Å². The molecule has 0 fully saturated rings. The van der Waals surface area contributed by atoms with Crippen LogP contribution in [0.5, 0.6) is 0 Å². The largest absolute Gasteiger partial charge is 0.309 e. The van der Waals surface area contributed by atoms with Crippen LogP contribution >= 0.6 is 15.9 Å². The lowest BCUT2D eigenvalue weighted by Crippen LogP contribution is -2.24. The molecule has 0 aliphatic carbocycles. The minimum Gasteiger partial charge on any atom is -0.309 e. The first-order chi connectivity index (χ1) is 9.10. The standard InChI is InChI=1S/C14H17BrFN3/c1-3-17-14(13-6-7-19(2)18-13)8-10-4-5-11(15)9-12(10)16/h4-7,9,14,17H,3,8H2,1-2H3. The Bertz CT molecular complexity index is 553. The van der Waals surface area contributed by atoms with Crippen LogP contribution in [0, 0.1) is 5.82 Å². The first-order valence-corrected chi connectivity index (χ1v) is 7.06. The van der Waals surface area contributed by atoms with Crippen molar-refractivity contribution in [1.29, 1.82) is 0 Å². The molecule has 102 valence electrons. The molecule has 0 saturated carbocycles. The highest BCUT2D eigenvalue weighted by Gasteiger charge is 2.16. The second-order valence-electron chi connectivity index (χ2n) is 4.46. The Morgan fingerprint density at radius 2 is 2.21 bits per heavy atom. The van der Waals surface area contributed by atoms with E-state index >= 15 is 0 Å². The first kappa shape index (κ1) is 14.2. The maximum atomic E-state index is 13.9. The summed E-state index contributed by atoms with van der Waals surface area (Å²) in [6, 6.07) is 7.16. The van der Waals surface area contributed by atoms with Crippen molar-refractivity contribution in [3.05, 3.63) is 52.0 Å². The Morgan fingerprint density at radius 1 is 1.42 bits per heavy atom. The summed E-state index contributed by atoms with van der Waals surface area (Å²) in [5, 5.41) is 7.74. The third-order valence-electron chi connectivity index (χ3n) is 2.98. The smallest absolute Gasteiger partial charge is 0.127 e. The summed E-state index contributed by atoms with van der Waals surface area (Å²) < 4.78 is 16.4. The van der Waals surface area contributed by atoms with Gasteiger partial charge < -0.3 is 5.32 Å². The molecule has 0 amide bonds. The molecule has 2 aromatic rings. The summed E-state index contributed by atoms with van der Waals surface area (Å²) in [6.45, 7) is 2.85. The first-order valence-electron chi connectivity index (χ1n) is 6.27. The van der Waals surface area contributed by atoms with Gasteiger partial charge in [0.2, 0.25) is 0 Å². The fourth-order valence-corrected chi connectivity index (χ4v) is 2.39. The summed E-state index contributed by atoms with van der Waals surface area (Å²) in [5.74, 6) is -0.187. The van der Waals surface area contributed by atoms with Gasteiger partial charge in [-0.1, -0.05) is 28.9 Å². The SMILES string of the molecule is CCNC(Cc1ccc(Br)cc1F)c1ccn(C)n1. The maximum absolute atomic E-state index is 13.9. The van der Waals surface area contributed by atoms with Crippen LogP contribution < -0.4 is 5.32 Å². The Balaban J connectivity index is 2.21. The molecule has 1 N–H and O–H groups in total. The predicted octanol–water partition coefficient (Wildman–Crippen LogP) is 3.22. The summed E-state index contributed by atoms with van der Waals surface area (Å²) in [7, 11) is 1.88. The van der Waals surface area contributed by atoms with Gasteiger partial charge in [0, 0.05) is 17.7 Å². The number of aryl methyl sites for hydroxylation is 1. The number of hydrogen-bond acceptors (Lipinski definition) is 2. The van der Waals surface area contributed by atoms with Crippen molar-refractivity contribution in [2.45, 2.75) is 19.4 Å². The lowest BCUT2D eigenvalue weighted by Gasteiger charge is -2.16. The van der Waals surface area contributed by atoms with Gasteiger partial charge in [0.15, 0.2) is 0 Å². The molecule has 0 aliphatic heterocycles. The molecule has 19 heavy (non-hydrogen) atoms. The van der Waals surface area contributed by atoms with Gasteiger partial charge >= 0.3 is 0 Å². The zero-order valence-electron chi connectivity index (χ0n) is 11.0. The molecule has 1 heterocycles. The predicted molar refractivity (Wildman–Crippen MR) is 77.4 cm³/mol. The van der Waals surface area contributed by atoms with Crippen LogP contribution in [-0.4, -0.2) is 16.3 Å². The van der Waals surface area contributed by atoms with Gasteiger partial charge in [-0.3, -0.25) is 4.68 Å². The number of benzene rings is 1. The van der Waals surface area contributed by atoms with Crippen LogP contribution in [0.1, 0.15) is 24.2 Å². The Hall–Kier alpha value is -1.20. The number of rotatable bonds is 5. The highest BCUT2D eigenvalue weighted by molar-refractivity contribution is 9.10. The number of nitrogens with zero attached hydrogens (tertiary/aromatic N) is 2. The second-order valence-corrected chi connectivity index (χ2v) is 5.38. The van der Waals surface area contributed by atoms with E-state index in [1.54, 1.807) is 4.68 Å². The molecule has 0 spiro atoms. The Labute approximate surface area is 121 Å². The summed E-state index contributed by atoms with van der Waals surface area (Å²) in [4.78, 5) is 0. The van der Waals surface area contributed by atoms with Gasteiger partial charge in [-0.05, 0) is 36.7 Å². The highest BCUT2D eigenvalue weighted by Crippen LogP contribution is 2.21. The molecule has 2 rings (SSSR count). The molecular formula is C14H17BrFN3. The third kappa shape index (κ3) is 3.64. The van der Waals surface area contributed by atoms with Crippen LogP contribution in [0.15, 0.2) is 34.9 Å². The summed E-state index contributed by atoms with van der Waals surface area (Å²) in [5.41, 5.74) is 1.63. The molecule has 1 unspecified atom stereocenters. The van der Waals surface area contributed by atoms with E-state index in [4.69, 9.17) is 0 Å². The minimum atomic E-state index is -0.187. The van der Waals surface area contributed by atoms with Crippen molar-refractivity contribution >= 4 is 15.9 Å². The van der Waals surface area contributed by atoms with Crippen molar-refractivity contribution in [2.75, 3.05) is 6.54 Å².